The summed E-state index contributed by atoms with van der Waals surface area (Å²) in [7, 11) is 5.94. The Bertz CT molecular complexity index is 1650. The quantitative estimate of drug-likeness (QED) is 0.0211. The van der Waals surface area contributed by atoms with Crippen molar-refractivity contribution in [1.82, 2.24) is 0 Å². The van der Waals surface area contributed by atoms with Crippen molar-refractivity contribution in [3.63, 3.8) is 0 Å². The predicted molar refractivity (Wildman–Crippen MR) is 308 cm³/mol. The number of quaternary nitrogens is 1. The van der Waals surface area contributed by atoms with Crippen LogP contribution in [-0.4, -0.2) is 87.4 Å². The predicted octanol–water partition coefficient (Wildman–Crippen LogP) is 16.7. The number of rotatable bonds is 50. The van der Waals surface area contributed by atoms with E-state index in [1.165, 1.54) is 19.3 Å². The Morgan fingerprint density at radius 2 is 0.740 bits per heavy atom. The highest BCUT2D eigenvalue weighted by Gasteiger charge is 2.25. The van der Waals surface area contributed by atoms with Gasteiger partial charge in [-0.15, -0.1) is 0 Å². The number of hydrogen-bond acceptors (Lipinski definition) is 7. The number of unbranched alkanes of at least 4 members (excludes halogenated alkanes) is 13. The van der Waals surface area contributed by atoms with E-state index in [4.69, 9.17) is 18.9 Å². The molecule has 412 valence electrons. The molecule has 0 rings (SSSR count). The van der Waals surface area contributed by atoms with Gasteiger partial charge in [-0.25, -0.2) is 4.79 Å². The second-order valence-electron chi connectivity index (χ2n) is 19.5. The van der Waals surface area contributed by atoms with E-state index in [1.807, 2.05) is 21.1 Å². The number of aliphatic carboxylic acids is 1. The number of likely N-dealkylation sites (N-methyl/N-ethyl adjacent to an activating group) is 1. The lowest BCUT2D eigenvalue weighted by atomic mass is 10.1. The molecular formula is C64H104NO8+. The Hall–Kier alpha value is -4.57. The van der Waals surface area contributed by atoms with Crippen molar-refractivity contribution in [2.75, 3.05) is 47.5 Å². The fourth-order valence-electron chi connectivity index (χ4n) is 7.10. The highest BCUT2D eigenvalue weighted by atomic mass is 16.7. The first kappa shape index (κ1) is 68.4. The maximum absolute atomic E-state index is 12.9. The minimum atomic E-state index is -1.53. The molecule has 0 amide bonds. The molecule has 73 heavy (non-hydrogen) atoms. The molecule has 0 aromatic carbocycles. The summed E-state index contributed by atoms with van der Waals surface area (Å²) in [6.45, 7) is 4.59. The van der Waals surface area contributed by atoms with Gasteiger partial charge in [0.05, 0.1) is 34.4 Å². The summed E-state index contributed by atoms with van der Waals surface area (Å²) >= 11 is 0. The number of carbonyl (C=O) groups excluding carboxylic acids is 2. The third kappa shape index (κ3) is 55.0. The summed E-state index contributed by atoms with van der Waals surface area (Å²) in [5.41, 5.74) is 0. The third-order valence-electron chi connectivity index (χ3n) is 11.4. The highest BCUT2D eigenvalue weighted by molar-refractivity contribution is 5.71. The number of hydrogen-bond donors (Lipinski definition) is 1. The van der Waals surface area contributed by atoms with E-state index in [-0.39, 0.29) is 38.6 Å². The van der Waals surface area contributed by atoms with Gasteiger partial charge in [-0.3, -0.25) is 9.59 Å². The van der Waals surface area contributed by atoms with Gasteiger partial charge in [-0.05, 0) is 109 Å². The molecule has 0 fully saturated rings. The SMILES string of the molecule is CC/C=C\C/C=C\C/C=C\C/C=C\C/C=C\C/C=C\C/C=C\CCCCCCCCCC(=O)OC(COC(=O)CCCCCCCC/C=C\C/C=C\C/C=C\C/C=C\CC)COC(OCC[N+](C)(C)C)C(=O)O. The van der Waals surface area contributed by atoms with Gasteiger partial charge in [0.15, 0.2) is 6.10 Å². The second-order valence-corrected chi connectivity index (χ2v) is 19.5. The zero-order chi connectivity index (χ0) is 53.4. The first-order valence-electron chi connectivity index (χ1n) is 28.3. The Morgan fingerprint density at radius 3 is 1.10 bits per heavy atom. The summed E-state index contributed by atoms with van der Waals surface area (Å²) in [5.74, 6) is -2.06. The zero-order valence-corrected chi connectivity index (χ0v) is 46.7. The minimum Gasteiger partial charge on any atom is -0.477 e. The van der Waals surface area contributed by atoms with Gasteiger partial charge in [-0.2, -0.15) is 0 Å². The van der Waals surface area contributed by atoms with Gasteiger partial charge in [-0.1, -0.05) is 205 Å². The van der Waals surface area contributed by atoms with Crippen LogP contribution >= 0.6 is 0 Å². The molecule has 0 saturated carbocycles. The monoisotopic (exact) mass is 1010 g/mol. The molecule has 0 aliphatic heterocycles. The van der Waals surface area contributed by atoms with E-state index in [9.17, 15) is 19.5 Å². The van der Waals surface area contributed by atoms with Crippen LogP contribution in [-0.2, 0) is 33.3 Å². The van der Waals surface area contributed by atoms with Crippen molar-refractivity contribution >= 4 is 17.9 Å². The van der Waals surface area contributed by atoms with Crippen molar-refractivity contribution in [2.45, 2.75) is 206 Å². The average Bonchev–Trinajstić information content (AvgIpc) is 3.36. The maximum atomic E-state index is 12.9. The van der Waals surface area contributed by atoms with Gasteiger partial charge >= 0.3 is 17.9 Å². The third-order valence-corrected chi connectivity index (χ3v) is 11.4. The largest absolute Gasteiger partial charge is 0.477 e. The Balaban J connectivity index is 4.35. The van der Waals surface area contributed by atoms with Crippen LogP contribution in [0.15, 0.2) is 134 Å². The first-order chi connectivity index (χ1) is 35.6. The van der Waals surface area contributed by atoms with Crippen molar-refractivity contribution in [1.29, 1.82) is 0 Å². The molecule has 9 heteroatoms. The number of carboxylic acid groups (broad SMARTS) is 1. The normalized spacial score (nSPS) is 13.8. The van der Waals surface area contributed by atoms with E-state index < -0.39 is 24.3 Å². The molecule has 9 nitrogen and oxygen atoms in total. The van der Waals surface area contributed by atoms with Gasteiger partial charge in [0, 0.05) is 12.8 Å². The molecule has 0 bridgehead atoms. The molecule has 0 aromatic heterocycles. The molecular weight excluding hydrogens is 911 g/mol. The summed E-state index contributed by atoms with van der Waals surface area (Å²) < 4.78 is 22.8. The topological polar surface area (TPSA) is 108 Å². The minimum absolute atomic E-state index is 0.175. The van der Waals surface area contributed by atoms with Gasteiger partial charge in [0.2, 0.25) is 0 Å². The Morgan fingerprint density at radius 1 is 0.411 bits per heavy atom. The van der Waals surface area contributed by atoms with Crippen LogP contribution in [0, 0.1) is 0 Å². The van der Waals surface area contributed by atoms with E-state index in [0.717, 1.165) is 141 Å². The summed E-state index contributed by atoms with van der Waals surface area (Å²) in [4.78, 5) is 37.4. The number of esters is 2. The van der Waals surface area contributed by atoms with Crippen LogP contribution in [0.5, 0.6) is 0 Å². The summed E-state index contributed by atoms with van der Waals surface area (Å²) in [6, 6.07) is 0. The first-order valence-corrected chi connectivity index (χ1v) is 28.3. The maximum Gasteiger partial charge on any atom is 0.361 e. The molecule has 2 atom stereocenters. The standard InChI is InChI=1S/C64H103NO8/c1-6-8-10-12-14-16-18-20-22-24-26-27-28-29-30-31-32-33-34-35-37-39-41-43-45-47-49-51-53-55-62(67)73-60(59-72-64(63(68)69)70-57-56-65(3,4)5)58-71-61(66)54-52-50-48-46-44-42-40-38-36-25-23-21-19-17-15-13-11-9-7-2/h8-11,14-17,20-23,26-27,29-30,32-33,35-38,60,64H,6-7,12-13,18-19,24-25,28,31,34,39-59H2,1-5H3/p+1/b10-8-,11-9-,16-14-,17-15-,22-20-,23-21-,27-26-,30-29-,33-32-,37-35-,38-36-. The molecule has 0 aliphatic carbocycles. The summed E-state index contributed by atoms with van der Waals surface area (Å²) in [6.07, 6.45) is 73.7. The Labute approximate surface area is 446 Å². The molecule has 0 spiro atoms. The molecule has 0 aliphatic rings. The fraction of sp³-hybridized carbons (Fsp3) is 0.609. The number of carboxylic acids is 1. The van der Waals surface area contributed by atoms with Gasteiger partial charge in [0.1, 0.15) is 13.2 Å². The highest BCUT2D eigenvalue weighted by Crippen LogP contribution is 2.14. The van der Waals surface area contributed by atoms with Crippen molar-refractivity contribution in [3.8, 4) is 0 Å². The van der Waals surface area contributed by atoms with Crippen LogP contribution < -0.4 is 0 Å². The molecule has 0 saturated heterocycles. The number of ether oxygens (including phenoxy) is 4. The number of allylic oxidation sites excluding steroid dienone is 22. The van der Waals surface area contributed by atoms with Crippen LogP contribution in [0.25, 0.3) is 0 Å². The average molecular weight is 1020 g/mol. The number of carbonyl (C=O) groups is 3. The Kier molecular flexibility index (Phi) is 50.4. The lowest BCUT2D eigenvalue weighted by Gasteiger charge is -2.25. The summed E-state index contributed by atoms with van der Waals surface area (Å²) in [5, 5.41) is 9.70. The van der Waals surface area contributed by atoms with Gasteiger partial charge < -0.3 is 28.5 Å². The smallest absolute Gasteiger partial charge is 0.361 e. The lowest BCUT2D eigenvalue weighted by Crippen LogP contribution is -2.40. The second kappa shape index (κ2) is 53.7. The fourth-order valence-corrected chi connectivity index (χ4v) is 7.10. The molecule has 1 N–H and O–H groups in total. The number of nitrogens with zero attached hydrogens (tertiary/aromatic N) is 1. The van der Waals surface area contributed by atoms with E-state index in [0.29, 0.717) is 17.4 Å². The van der Waals surface area contributed by atoms with Gasteiger partial charge in [0.25, 0.3) is 6.29 Å². The van der Waals surface area contributed by atoms with E-state index in [1.54, 1.807) is 0 Å². The molecule has 0 radical (unpaired) electrons. The van der Waals surface area contributed by atoms with E-state index >= 15 is 0 Å². The van der Waals surface area contributed by atoms with Crippen molar-refractivity contribution < 1.29 is 42.9 Å². The molecule has 0 heterocycles. The van der Waals surface area contributed by atoms with Crippen molar-refractivity contribution in [3.05, 3.63) is 134 Å². The molecule has 2 unspecified atom stereocenters. The van der Waals surface area contributed by atoms with Crippen LogP contribution in [0.2, 0.25) is 0 Å². The van der Waals surface area contributed by atoms with Crippen LogP contribution in [0.1, 0.15) is 194 Å². The van der Waals surface area contributed by atoms with Crippen molar-refractivity contribution in [2.24, 2.45) is 0 Å². The van der Waals surface area contributed by atoms with Crippen LogP contribution in [0.4, 0.5) is 0 Å². The lowest BCUT2D eigenvalue weighted by molar-refractivity contribution is -0.870. The molecule has 0 aromatic rings. The van der Waals surface area contributed by atoms with Crippen LogP contribution in [0.3, 0.4) is 0 Å². The zero-order valence-electron chi connectivity index (χ0n) is 46.7. The van der Waals surface area contributed by atoms with E-state index in [2.05, 4.69) is 148 Å².